The van der Waals surface area contributed by atoms with E-state index in [1.165, 1.54) is 12.8 Å². The van der Waals surface area contributed by atoms with E-state index in [9.17, 15) is 0 Å². The number of hydrogen-bond acceptors (Lipinski definition) is 3. The van der Waals surface area contributed by atoms with Gasteiger partial charge in [-0.2, -0.15) is 0 Å². The Bertz CT molecular complexity index is 347. The van der Waals surface area contributed by atoms with Crippen LogP contribution in [0.4, 0.5) is 0 Å². The second-order valence-electron chi connectivity index (χ2n) is 3.97. The molecular formula is C12H17NO2. The molecule has 0 spiro atoms. The minimum absolute atomic E-state index is 0.0787. The van der Waals surface area contributed by atoms with Crippen molar-refractivity contribution in [3.05, 3.63) is 23.8 Å². The Balaban J connectivity index is 2.31. The molecular weight excluding hydrogens is 190 g/mol. The minimum atomic E-state index is 0.0787. The predicted molar refractivity (Wildman–Crippen MR) is 59.2 cm³/mol. The van der Waals surface area contributed by atoms with Crippen molar-refractivity contribution in [1.29, 1.82) is 0 Å². The number of rotatable bonds is 4. The average Bonchev–Trinajstić information content (AvgIpc) is 3.11. The molecule has 1 atom stereocenters. The molecule has 1 aliphatic rings. The molecule has 1 aromatic rings. The second-order valence-corrected chi connectivity index (χ2v) is 3.97. The number of benzene rings is 1. The van der Waals surface area contributed by atoms with Crippen LogP contribution in [0.15, 0.2) is 18.2 Å². The van der Waals surface area contributed by atoms with Gasteiger partial charge in [-0.3, -0.25) is 0 Å². The third-order valence-corrected chi connectivity index (χ3v) is 2.93. The Morgan fingerprint density at radius 2 is 2.00 bits per heavy atom. The van der Waals surface area contributed by atoms with Gasteiger partial charge in [0.25, 0.3) is 0 Å². The topological polar surface area (TPSA) is 44.5 Å². The van der Waals surface area contributed by atoms with Crippen LogP contribution in [0.25, 0.3) is 0 Å². The van der Waals surface area contributed by atoms with Gasteiger partial charge in [0.05, 0.1) is 14.2 Å². The summed E-state index contributed by atoms with van der Waals surface area (Å²) in [5, 5.41) is 0. The molecule has 0 saturated heterocycles. The first-order valence-corrected chi connectivity index (χ1v) is 5.23. The lowest BCUT2D eigenvalue weighted by Gasteiger charge is -2.16. The highest BCUT2D eigenvalue weighted by Crippen LogP contribution is 2.42. The molecule has 0 aromatic heterocycles. The van der Waals surface area contributed by atoms with Gasteiger partial charge in [-0.25, -0.2) is 0 Å². The van der Waals surface area contributed by atoms with Gasteiger partial charge in [-0.1, -0.05) is 0 Å². The zero-order valence-electron chi connectivity index (χ0n) is 9.19. The van der Waals surface area contributed by atoms with Crippen molar-refractivity contribution >= 4 is 0 Å². The summed E-state index contributed by atoms with van der Waals surface area (Å²) < 4.78 is 10.5. The Hall–Kier alpha value is -1.22. The molecule has 1 aromatic carbocycles. The summed E-state index contributed by atoms with van der Waals surface area (Å²) in [5.74, 6) is 2.31. The quantitative estimate of drug-likeness (QED) is 0.822. The van der Waals surface area contributed by atoms with Crippen LogP contribution in [0.2, 0.25) is 0 Å². The van der Waals surface area contributed by atoms with Crippen LogP contribution in [0.5, 0.6) is 11.5 Å². The van der Waals surface area contributed by atoms with E-state index < -0.39 is 0 Å². The molecule has 0 aliphatic heterocycles. The Morgan fingerprint density at radius 1 is 1.27 bits per heavy atom. The highest BCUT2D eigenvalue weighted by molar-refractivity contribution is 5.42. The summed E-state index contributed by atoms with van der Waals surface area (Å²) >= 11 is 0. The predicted octanol–water partition coefficient (Wildman–Crippen LogP) is 2.11. The maximum Gasteiger partial charge on any atom is 0.123 e. The standard InChI is InChI=1S/C12H17NO2/c1-14-9-5-6-11(15-2)10(7-9)12(13)8-3-4-8/h5-8,12H,3-4,13H2,1-2H3/t12-/m0/s1. The largest absolute Gasteiger partial charge is 0.497 e. The molecule has 1 aliphatic carbocycles. The number of hydrogen-bond donors (Lipinski definition) is 1. The van der Waals surface area contributed by atoms with Crippen molar-refractivity contribution in [3.63, 3.8) is 0 Å². The number of ether oxygens (including phenoxy) is 2. The molecule has 1 fully saturated rings. The van der Waals surface area contributed by atoms with E-state index in [1.54, 1.807) is 14.2 Å². The first-order valence-electron chi connectivity index (χ1n) is 5.23. The molecule has 0 radical (unpaired) electrons. The lowest BCUT2D eigenvalue weighted by atomic mass is 10.0. The molecule has 82 valence electrons. The smallest absolute Gasteiger partial charge is 0.123 e. The van der Waals surface area contributed by atoms with Crippen LogP contribution in [0.1, 0.15) is 24.4 Å². The summed E-state index contributed by atoms with van der Waals surface area (Å²) in [6.07, 6.45) is 2.45. The van der Waals surface area contributed by atoms with Gasteiger partial charge >= 0.3 is 0 Å². The van der Waals surface area contributed by atoms with E-state index in [-0.39, 0.29) is 6.04 Å². The van der Waals surface area contributed by atoms with Gasteiger partial charge in [0.15, 0.2) is 0 Å². The van der Waals surface area contributed by atoms with Gasteiger partial charge in [0, 0.05) is 11.6 Å². The lowest BCUT2D eigenvalue weighted by molar-refractivity contribution is 0.393. The number of methoxy groups -OCH3 is 2. The highest BCUT2D eigenvalue weighted by atomic mass is 16.5. The summed E-state index contributed by atoms with van der Waals surface area (Å²) in [6.45, 7) is 0. The maximum absolute atomic E-state index is 6.16. The third kappa shape index (κ3) is 2.07. The van der Waals surface area contributed by atoms with Crippen LogP contribution in [0, 0.1) is 5.92 Å². The summed E-state index contributed by atoms with van der Waals surface area (Å²) in [6, 6.07) is 5.86. The van der Waals surface area contributed by atoms with E-state index >= 15 is 0 Å². The lowest BCUT2D eigenvalue weighted by Crippen LogP contribution is -2.13. The van der Waals surface area contributed by atoms with Crippen LogP contribution in [0.3, 0.4) is 0 Å². The summed E-state index contributed by atoms with van der Waals surface area (Å²) in [5.41, 5.74) is 7.22. The van der Waals surface area contributed by atoms with Crippen molar-refractivity contribution in [2.24, 2.45) is 11.7 Å². The minimum Gasteiger partial charge on any atom is -0.497 e. The fourth-order valence-corrected chi connectivity index (χ4v) is 1.81. The molecule has 2 N–H and O–H groups in total. The average molecular weight is 207 g/mol. The second kappa shape index (κ2) is 4.11. The van der Waals surface area contributed by atoms with Crippen LogP contribution in [-0.2, 0) is 0 Å². The van der Waals surface area contributed by atoms with E-state index in [0.29, 0.717) is 5.92 Å². The molecule has 3 nitrogen and oxygen atoms in total. The fraction of sp³-hybridized carbons (Fsp3) is 0.500. The normalized spacial score (nSPS) is 17.3. The van der Waals surface area contributed by atoms with Gasteiger partial charge in [0.1, 0.15) is 11.5 Å². The van der Waals surface area contributed by atoms with Crippen LogP contribution >= 0.6 is 0 Å². The monoisotopic (exact) mass is 207 g/mol. The number of nitrogens with two attached hydrogens (primary N) is 1. The Kier molecular flexibility index (Phi) is 2.82. The van der Waals surface area contributed by atoms with Gasteiger partial charge in [0.2, 0.25) is 0 Å². The zero-order chi connectivity index (χ0) is 10.8. The first kappa shape index (κ1) is 10.3. The van der Waals surface area contributed by atoms with Crippen molar-refractivity contribution in [3.8, 4) is 11.5 Å². The van der Waals surface area contributed by atoms with Crippen LogP contribution < -0.4 is 15.2 Å². The van der Waals surface area contributed by atoms with Gasteiger partial charge < -0.3 is 15.2 Å². The Morgan fingerprint density at radius 3 is 2.53 bits per heavy atom. The van der Waals surface area contributed by atoms with E-state index in [1.807, 2.05) is 18.2 Å². The molecule has 0 amide bonds. The third-order valence-electron chi connectivity index (χ3n) is 2.93. The first-order chi connectivity index (χ1) is 7.26. The van der Waals surface area contributed by atoms with E-state index in [2.05, 4.69) is 0 Å². The van der Waals surface area contributed by atoms with Gasteiger partial charge in [-0.05, 0) is 37.0 Å². The maximum atomic E-state index is 6.16. The van der Waals surface area contributed by atoms with Crippen LogP contribution in [-0.4, -0.2) is 14.2 Å². The van der Waals surface area contributed by atoms with Crippen molar-refractivity contribution < 1.29 is 9.47 Å². The van der Waals surface area contributed by atoms with Crippen molar-refractivity contribution in [2.45, 2.75) is 18.9 Å². The Labute approximate surface area is 90.2 Å². The molecule has 0 bridgehead atoms. The van der Waals surface area contributed by atoms with Crippen molar-refractivity contribution in [1.82, 2.24) is 0 Å². The summed E-state index contributed by atoms with van der Waals surface area (Å²) in [4.78, 5) is 0. The SMILES string of the molecule is COc1ccc(OC)c([C@@H](N)C2CC2)c1. The molecule has 15 heavy (non-hydrogen) atoms. The van der Waals surface area contributed by atoms with E-state index in [4.69, 9.17) is 15.2 Å². The highest BCUT2D eigenvalue weighted by Gasteiger charge is 2.31. The molecule has 3 heteroatoms. The fourth-order valence-electron chi connectivity index (χ4n) is 1.81. The van der Waals surface area contributed by atoms with Crippen molar-refractivity contribution in [2.75, 3.05) is 14.2 Å². The molecule has 0 unspecified atom stereocenters. The summed E-state index contributed by atoms with van der Waals surface area (Å²) in [7, 11) is 3.33. The molecule has 0 heterocycles. The molecule has 2 rings (SSSR count). The van der Waals surface area contributed by atoms with Gasteiger partial charge in [-0.15, -0.1) is 0 Å². The zero-order valence-corrected chi connectivity index (χ0v) is 9.19. The van der Waals surface area contributed by atoms with E-state index in [0.717, 1.165) is 17.1 Å². The molecule has 1 saturated carbocycles.